The van der Waals surface area contributed by atoms with Crippen molar-refractivity contribution in [2.45, 2.75) is 19.8 Å². The second-order valence-electron chi connectivity index (χ2n) is 4.56. The number of methoxy groups -OCH3 is 1. The Balaban J connectivity index is 2.34. The summed E-state index contributed by atoms with van der Waals surface area (Å²) in [5.74, 6) is 1.64. The Labute approximate surface area is 125 Å². The lowest BCUT2D eigenvalue weighted by atomic mass is 10.2. The lowest BCUT2D eigenvalue weighted by Gasteiger charge is -2.12. The molecule has 1 heterocycles. The van der Waals surface area contributed by atoms with Gasteiger partial charge in [0.05, 0.1) is 12.8 Å². The molecule has 4 nitrogen and oxygen atoms in total. The number of aromatic nitrogens is 2. The first-order valence-corrected chi connectivity index (χ1v) is 6.94. The van der Waals surface area contributed by atoms with E-state index in [2.05, 4.69) is 31.2 Å². The molecule has 2 aromatic rings. The Morgan fingerprint density at radius 3 is 2.65 bits per heavy atom. The van der Waals surface area contributed by atoms with Gasteiger partial charge < -0.3 is 10.1 Å². The molecule has 1 N–H and O–H groups in total. The first-order valence-electron chi connectivity index (χ1n) is 6.14. The van der Waals surface area contributed by atoms with Gasteiger partial charge >= 0.3 is 0 Å². The van der Waals surface area contributed by atoms with Crippen LogP contribution in [0.25, 0.3) is 0 Å². The van der Waals surface area contributed by atoms with Gasteiger partial charge in [0.25, 0.3) is 0 Å². The SMILES string of the molecule is COc1cc(F)ccc1Nc1cc(Br)nc(C(C)C)n1. The smallest absolute Gasteiger partial charge is 0.145 e. The van der Waals surface area contributed by atoms with Crippen LogP contribution in [0.1, 0.15) is 25.6 Å². The summed E-state index contributed by atoms with van der Waals surface area (Å²) in [4.78, 5) is 8.73. The van der Waals surface area contributed by atoms with Gasteiger partial charge in [0.2, 0.25) is 0 Å². The van der Waals surface area contributed by atoms with Gasteiger partial charge in [0.1, 0.15) is 27.8 Å². The van der Waals surface area contributed by atoms with E-state index in [0.29, 0.717) is 21.9 Å². The molecule has 20 heavy (non-hydrogen) atoms. The molecular formula is C14H15BrFN3O. The monoisotopic (exact) mass is 339 g/mol. The summed E-state index contributed by atoms with van der Waals surface area (Å²) >= 11 is 3.36. The van der Waals surface area contributed by atoms with E-state index in [1.54, 1.807) is 12.1 Å². The molecule has 1 aromatic carbocycles. The predicted molar refractivity (Wildman–Crippen MR) is 80.1 cm³/mol. The number of hydrogen-bond donors (Lipinski definition) is 1. The molecule has 0 fully saturated rings. The fourth-order valence-corrected chi connectivity index (χ4v) is 2.06. The summed E-state index contributed by atoms with van der Waals surface area (Å²) in [5, 5.41) is 3.11. The maximum atomic E-state index is 13.2. The van der Waals surface area contributed by atoms with Gasteiger partial charge in [-0.15, -0.1) is 0 Å². The summed E-state index contributed by atoms with van der Waals surface area (Å²) < 4.78 is 19.0. The minimum absolute atomic E-state index is 0.211. The third-order valence-electron chi connectivity index (χ3n) is 2.65. The highest BCUT2D eigenvalue weighted by Gasteiger charge is 2.09. The molecule has 0 aliphatic carbocycles. The Bertz CT molecular complexity index is 619. The van der Waals surface area contributed by atoms with Crippen molar-refractivity contribution in [1.82, 2.24) is 9.97 Å². The van der Waals surface area contributed by atoms with Crippen LogP contribution in [0, 0.1) is 5.82 Å². The Morgan fingerprint density at radius 2 is 2.00 bits per heavy atom. The summed E-state index contributed by atoms with van der Waals surface area (Å²) in [6, 6.07) is 6.06. The average Bonchev–Trinajstić information content (AvgIpc) is 2.40. The highest BCUT2D eigenvalue weighted by Crippen LogP contribution is 2.28. The highest BCUT2D eigenvalue weighted by atomic mass is 79.9. The van der Waals surface area contributed by atoms with Gasteiger partial charge in [0, 0.05) is 18.1 Å². The molecule has 0 saturated heterocycles. The number of benzene rings is 1. The summed E-state index contributed by atoms with van der Waals surface area (Å²) in [5.41, 5.74) is 0.647. The van der Waals surface area contributed by atoms with Crippen LogP contribution in [0.4, 0.5) is 15.9 Å². The first-order chi connectivity index (χ1) is 9.49. The van der Waals surface area contributed by atoms with Crippen molar-refractivity contribution in [1.29, 1.82) is 0 Å². The zero-order chi connectivity index (χ0) is 14.7. The molecular weight excluding hydrogens is 325 g/mol. The maximum Gasteiger partial charge on any atom is 0.145 e. The van der Waals surface area contributed by atoms with E-state index in [4.69, 9.17) is 4.74 Å². The molecule has 2 rings (SSSR count). The zero-order valence-electron chi connectivity index (χ0n) is 11.4. The zero-order valence-corrected chi connectivity index (χ0v) is 13.0. The van der Waals surface area contributed by atoms with E-state index >= 15 is 0 Å². The third kappa shape index (κ3) is 3.45. The van der Waals surface area contributed by atoms with E-state index < -0.39 is 0 Å². The van der Waals surface area contributed by atoms with Crippen LogP contribution in [0.2, 0.25) is 0 Å². The molecule has 0 bridgehead atoms. The minimum Gasteiger partial charge on any atom is -0.494 e. The van der Waals surface area contributed by atoms with Crippen molar-refractivity contribution >= 4 is 27.4 Å². The van der Waals surface area contributed by atoms with Gasteiger partial charge in [-0.2, -0.15) is 0 Å². The number of hydrogen-bond acceptors (Lipinski definition) is 4. The van der Waals surface area contributed by atoms with E-state index in [-0.39, 0.29) is 11.7 Å². The molecule has 6 heteroatoms. The highest BCUT2D eigenvalue weighted by molar-refractivity contribution is 9.10. The average molecular weight is 340 g/mol. The molecule has 0 spiro atoms. The van der Waals surface area contributed by atoms with Crippen LogP contribution in [-0.2, 0) is 0 Å². The van der Waals surface area contributed by atoms with Gasteiger partial charge in [-0.05, 0) is 28.1 Å². The predicted octanol–water partition coefficient (Wildman–Crippen LogP) is 4.25. The van der Waals surface area contributed by atoms with Gasteiger partial charge in [0.15, 0.2) is 0 Å². The van der Waals surface area contributed by atoms with Crippen LogP contribution >= 0.6 is 15.9 Å². The number of nitrogens with zero attached hydrogens (tertiary/aromatic N) is 2. The standard InChI is InChI=1S/C14H15BrFN3O/c1-8(2)14-18-12(15)7-13(19-14)17-10-5-4-9(16)6-11(10)20-3/h4-8H,1-3H3,(H,17,18,19). The van der Waals surface area contributed by atoms with Crippen molar-refractivity contribution < 1.29 is 9.13 Å². The van der Waals surface area contributed by atoms with Crippen LogP contribution in [0.5, 0.6) is 5.75 Å². The van der Waals surface area contributed by atoms with E-state index in [1.807, 2.05) is 13.8 Å². The van der Waals surface area contributed by atoms with Crippen molar-refractivity contribution in [3.05, 3.63) is 40.5 Å². The van der Waals surface area contributed by atoms with Crippen LogP contribution in [-0.4, -0.2) is 17.1 Å². The molecule has 106 valence electrons. The fourth-order valence-electron chi connectivity index (χ4n) is 1.66. The fraction of sp³-hybridized carbons (Fsp3) is 0.286. The Morgan fingerprint density at radius 1 is 1.25 bits per heavy atom. The van der Waals surface area contributed by atoms with Crippen molar-refractivity contribution in [2.24, 2.45) is 0 Å². The number of anilines is 2. The molecule has 0 aliphatic heterocycles. The van der Waals surface area contributed by atoms with Gasteiger partial charge in [-0.1, -0.05) is 13.8 Å². The second-order valence-corrected chi connectivity index (χ2v) is 5.37. The van der Waals surface area contributed by atoms with Crippen LogP contribution in [0.3, 0.4) is 0 Å². The van der Waals surface area contributed by atoms with Crippen molar-refractivity contribution in [2.75, 3.05) is 12.4 Å². The van der Waals surface area contributed by atoms with Crippen molar-refractivity contribution in [3.8, 4) is 5.75 Å². The van der Waals surface area contributed by atoms with Crippen LogP contribution in [0.15, 0.2) is 28.9 Å². The number of ether oxygens (including phenoxy) is 1. The third-order valence-corrected chi connectivity index (χ3v) is 3.06. The molecule has 0 unspecified atom stereocenters. The largest absolute Gasteiger partial charge is 0.494 e. The van der Waals surface area contributed by atoms with Gasteiger partial charge in [-0.25, -0.2) is 14.4 Å². The van der Waals surface area contributed by atoms with Crippen LogP contribution < -0.4 is 10.1 Å². The van der Waals surface area contributed by atoms with E-state index in [0.717, 1.165) is 5.82 Å². The Hall–Kier alpha value is -1.69. The number of rotatable bonds is 4. The topological polar surface area (TPSA) is 47.0 Å². The second kappa shape index (κ2) is 6.17. The van der Waals surface area contributed by atoms with E-state index in [9.17, 15) is 4.39 Å². The summed E-state index contributed by atoms with van der Waals surface area (Å²) in [6.45, 7) is 4.04. The molecule has 0 aliphatic rings. The molecule has 0 radical (unpaired) electrons. The lowest BCUT2D eigenvalue weighted by molar-refractivity contribution is 0.413. The Kier molecular flexibility index (Phi) is 4.54. The quantitative estimate of drug-likeness (QED) is 0.845. The van der Waals surface area contributed by atoms with Gasteiger partial charge in [-0.3, -0.25) is 0 Å². The summed E-state index contributed by atoms with van der Waals surface area (Å²) in [6.07, 6.45) is 0. The van der Waals surface area contributed by atoms with E-state index in [1.165, 1.54) is 19.2 Å². The molecule has 0 atom stereocenters. The summed E-state index contributed by atoms with van der Waals surface area (Å²) in [7, 11) is 1.50. The number of nitrogens with one attached hydrogen (secondary N) is 1. The molecule has 0 saturated carbocycles. The molecule has 0 amide bonds. The minimum atomic E-state index is -0.348. The number of halogens is 2. The van der Waals surface area contributed by atoms with Crippen molar-refractivity contribution in [3.63, 3.8) is 0 Å². The maximum absolute atomic E-state index is 13.2. The first kappa shape index (κ1) is 14.7. The molecule has 1 aromatic heterocycles. The lowest BCUT2D eigenvalue weighted by Crippen LogP contribution is -2.03. The normalized spacial score (nSPS) is 10.7.